The topological polar surface area (TPSA) is 38.3 Å². The first-order valence-corrected chi connectivity index (χ1v) is 7.19. The van der Waals surface area contributed by atoms with Crippen LogP contribution in [0.25, 0.3) is 0 Å². The number of carbonyl (C=O) groups excluding carboxylic acids is 1. The van der Waals surface area contributed by atoms with Crippen LogP contribution in [0.15, 0.2) is 35.7 Å². The van der Waals surface area contributed by atoms with Crippen LogP contribution in [0, 0.1) is 0 Å². The Morgan fingerprint density at radius 3 is 2.83 bits per heavy atom. The predicted octanol–water partition coefficient (Wildman–Crippen LogP) is 3.18. The van der Waals surface area contributed by atoms with Gasteiger partial charge in [0.2, 0.25) is 0 Å². The highest BCUT2D eigenvalue weighted by Gasteiger charge is 2.18. The van der Waals surface area contributed by atoms with E-state index in [9.17, 15) is 4.79 Å². The monoisotopic (exact) mass is 263 g/mol. The third-order valence-corrected chi connectivity index (χ3v) is 3.58. The maximum atomic E-state index is 11.8. The van der Waals surface area contributed by atoms with E-state index >= 15 is 0 Å². The molecule has 2 rings (SSSR count). The van der Waals surface area contributed by atoms with Gasteiger partial charge in [0.25, 0.3) is 5.12 Å². The Hall–Kier alpha value is -1.42. The number of hydrogen-bond donors (Lipinski definition) is 1. The number of carbonyl (C=O) groups is 1. The first-order valence-electron chi connectivity index (χ1n) is 5.96. The average molecular weight is 263 g/mol. The van der Waals surface area contributed by atoms with Crippen molar-refractivity contribution in [3.63, 3.8) is 0 Å². The minimum absolute atomic E-state index is 0.0284. The van der Waals surface area contributed by atoms with Crippen molar-refractivity contribution in [1.29, 1.82) is 0 Å². The number of nitrogens with one attached hydrogen (secondary N) is 1. The van der Waals surface area contributed by atoms with Gasteiger partial charge >= 0.3 is 0 Å². The van der Waals surface area contributed by atoms with Gasteiger partial charge in [-0.25, -0.2) is 0 Å². The van der Waals surface area contributed by atoms with Crippen molar-refractivity contribution in [3.8, 4) is 0 Å². The molecule has 0 fully saturated rings. The number of methoxy groups -OCH3 is 1. The van der Waals surface area contributed by atoms with Gasteiger partial charge in [-0.05, 0) is 37.1 Å². The van der Waals surface area contributed by atoms with Crippen molar-refractivity contribution in [2.75, 3.05) is 18.7 Å². The highest BCUT2D eigenvalue weighted by Crippen LogP contribution is 2.28. The number of aryl methyl sites for hydroxylation is 1. The quantitative estimate of drug-likeness (QED) is 0.657. The lowest BCUT2D eigenvalue weighted by atomic mass is 10.1. The molecule has 1 N–H and O–H groups in total. The molecule has 0 aliphatic carbocycles. The predicted molar refractivity (Wildman–Crippen MR) is 75.6 cm³/mol. The molecule has 0 unspecified atom stereocenters. The molecular weight excluding hydrogens is 246 g/mol. The van der Waals surface area contributed by atoms with Gasteiger partial charge in [-0.3, -0.25) is 4.79 Å². The van der Waals surface area contributed by atoms with Gasteiger partial charge in [0, 0.05) is 5.69 Å². The number of benzene rings is 1. The van der Waals surface area contributed by atoms with Crippen LogP contribution in [-0.4, -0.2) is 18.5 Å². The molecule has 0 saturated carbocycles. The maximum Gasteiger partial charge on any atom is 0.255 e. The van der Waals surface area contributed by atoms with E-state index in [4.69, 9.17) is 4.74 Å². The molecule has 3 nitrogen and oxygen atoms in total. The van der Waals surface area contributed by atoms with Gasteiger partial charge in [-0.15, -0.1) is 0 Å². The fourth-order valence-electron chi connectivity index (χ4n) is 2.13. The Kier molecular flexibility index (Phi) is 4.31. The molecule has 0 bridgehead atoms. The molecule has 18 heavy (non-hydrogen) atoms. The molecule has 0 saturated heterocycles. The van der Waals surface area contributed by atoms with Crippen molar-refractivity contribution in [3.05, 3.63) is 41.3 Å². The summed E-state index contributed by atoms with van der Waals surface area (Å²) in [5.41, 5.74) is 3.26. The summed E-state index contributed by atoms with van der Waals surface area (Å²) >= 11 is 1.18. The smallest absolute Gasteiger partial charge is 0.255 e. The van der Waals surface area contributed by atoms with Gasteiger partial charge in [0.15, 0.2) is 5.76 Å². The molecule has 1 aromatic rings. The molecule has 1 aliphatic heterocycles. The van der Waals surface area contributed by atoms with Crippen LogP contribution in [0.5, 0.6) is 0 Å². The molecule has 1 aromatic carbocycles. The average Bonchev–Trinajstić information content (AvgIpc) is 2.61. The Labute approximate surface area is 112 Å². The summed E-state index contributed by atoms with van der Waals surface area (Å²) in [7, 11) is 1.55. The first kappa shape index (κ1) is 13.0. The largest absolute Gasteiger partial charge is 0.491 e. The number of fused-ring (bicyclic) bond motifs is 1. The Morgan fingerprint density at radius 2 is 2.11 bits per heavy atom. The molecular formula is C14H17NO2S. The second-order valence-corrected chi connectivity index (χ2v) is 4.92. The fraction of sp³-hybridized carbons (Fsp3) is 0.357. The van der Waals surface area contributed by atoms with Crippen LogP contribution >= 0.6 is 11.8 Å². The van der Waals surface area contributed by atoms with Crippen LogP contribution in [0.2, 0.25) is 0 Å². The minimum atomic E-state index is -0.0284. The molecule has 0 aromatic heterocycles. The van der Waals surface area contributed by atoms with Gasteiger partial charge in [0.05, 0.1) is 12.8 Å². The number of thioether (sulfide) groups is 1. The molecule has 0 spiro atoms. The lowest BCUT2D eigenvalue weighted by Gasteiger charge is -2.13. The molecule has 0 radical (unpaired) electrons. The molecule has 1 aliphatic rings. The van der Waals surface area contributed by atoms with E-state index < -0.39 is 0 Å². The van der Waals surface area contributed by atoms with E-state index in [1.807, 2.05) is 18.2 Å². The summed E-state index contributed by atoms with van der Waals surface area (Å²) in [5.74, 6) is 0.444. The number of para-hydroxylation sites is 1. The zero-order valence-corrected chi connectivity index (χ0v) is 11.5. The van der Waals surface area contributed by atoms with E-state index in [-0.39, 0.29) is 5.12 Å². The SMILES string of the molecule is CO/C(C(=O)SC)=C1\CCCc2ccccc2N1. The molecule has 0 amide bonds. The first-order chi connectivity index (χ1) is 8.76. The molecule has 0 atom stereocenters. The summed E-state index contributed by atoms with van der Waals surface area (Å²) in [6.45, 7) is 0. The lowest BCUT2D eigenvalue weighted by Crippen LogP contribution is -2.10. The lowest BCUT2D eigenvalue weighted by molar-refractivity contribution is -0.110. The van der Waals surface area contributed by atoms with Crippen molar-refractivity contribution < 1.29 is 9.53 Å². The van der Waals surface area contributed by atoms with E-state index in [1.165, 1.54) is 17.3 Å². The number of ether oxygens (including phenoxy) is 1. The summed E-state index contributed by atoms with van der Waals surface area (Å²) in [6.07, 6.45) is 4.65. The fourth-order valence-corrected chi connectivity index (χ4v) is 2.53. The summed E-state index contributed by atoms with van der Waals surface area (Å²) in [5, 5.41) is 3.32. The van der Waals surface area contributed by atoms with Gasteiger partial charge < -0.3 is 10.1 Å². The molecule has 1 heterocycles. The van der Waals surface area contributed by atoms with Gasteiger partial charge in [0.1, 0.15) is 0 Å². The van der Waals surface area contributed by atoms with Crippen molar-refractivity contribution in [2.24, 2.45) is 0 Å². The normalized spacial score (nSPS) is 17.2. The minimum Gasteiger partial charge on any atom is -0.491 e. The van der Waals surface area contributed by atoms with Crippen molar-refractivity contribution in [2.45, 2.75) is 19.3 Å². The van der Waals surface area contributed by atoms with Gasteiger partial charge in [-0.2, -0.15) is 0 Å². The highest BCUT2D eigenvalue weighted by molar-refractivity contribution is 8.13. The Balaban J connectivity index is 2.36. The zero-order valence-electron chi connectivity index (χ0n) is 10.7. The maximum absolute atomic E-state index is 11.8. The molecule has 96 valence electrons. The second-order valence-electron chi connectivity index (χ2n) is 4.14. The number of allylic oxidation sites excluding steroid dienone is 1. The van der Waals surface area contributed by atoms with E-state index in [0.29, 0.717) is 5.76 Å². The number of rotatable bonds is 2. The van der Waals surface area contributed by atoms with Crippen LogP contribution in [0.4, 0.5) is 5.69 Å². The molecule has 4 heteroatoms. The van der Waals surface area contributed by atoms with E-state index in [2.05, 4.69) is 11.4 Å². The van der Waals surface area contributed by atoms with E-state index in [1.54, 1.807) is 13.4 Å². The van der Waals surface area contributed by atoms with Crippen molar-refractivity contribution >= 4 is 22.6 Å². The Morgan fingerprint density at radius 1 is 1.33 bits per heavy atom. The summed E-state index contributed by atoms with van der Waals surface area (Å²) < 4.78 is 5.26. The van der Waals surface area contributed by atoms with Crippen molar-refractivity contribution in [1.82, 2.24) is 0 Å². The summed E-state index contributed by atoms with van der Waals surface area (Å²) in [6, 6.07) is 8.20. The number of hydrogen-bond acceptors (Lipinski definition) is 4. The highest BCUT2D eigenvalue weighted by atomic mass is 32.2. The van der Waals surface area contributed by atoms with Crippen LogP contribution in [0.1, 0.15) is 18.4 Å². The standard InChI is InChI=1S/C14H17NO2S/c1-17-13(14(16)18-2)12-9-5-7-10-6-3-4-8-11(10)15-12/h3-4,6,8,15H,5,7,9H2,1-2H3/b13-12+. The number of anilines is 1. The third-order valence-electron chi connectivity index (χ3n) is 3.02. The Bertz CT molecular complexity index is 482. The third kappa shape index (κ3) is 2.70. The summed E-state index contributed by atoms with van der Waals surface area (Å²) in [4.78, 5) is 11.8. The van der Waals surface area contributed by atoms with Crippen LogP contribution in [0.3, 0.4) is 0 Å². The zero-order chi connectivity index (χ0) is 13.0. The van der Waals surface area contributed by atoms with Crippen LogP contribution < -0.4 is 5.32 Å². The second kappa shape index (κ2) is 5.96. The van der Waals surface area contributed by atoms with E-state index in [0.717, 1.165) is 30.6 Å². The van der Waals surface area contributed by atoms with Gasteiger partial charge in [-0.1, -0.05) is 30.0 Å². The van der Waals surface area contributed by atoms with Crippen LogP contribution in [-0.2, 0) is 16.0 Å².